The molecule has 1 radical (unpaired) electrons. The van der Waals surface area contributed by atoms with Gasteiger partial charge in [-0.15, -0.1) is 22.7 Å². The Kier molecular flexibility index (Phi) is 4.03. The molecule has 0 fully saturated rings. The summed E-state index contributed by atoms with van der Waals surface area (Å²) in [7, 11) is 0. The van der Waals surface area contributed by atoms with Gasteiger partial charge in [-0.1, -0.05) is 0 Å². The molecule has 0 aromatic carbocycles. The van der Waals surface area contributed by atoms with E-state index in [9.17, 15) is 26.3 Å². The summed E-state index contributed by atoms with van der Waals surface area (Å²) in [5, 5.41) is 1.46. The minimum atomic E-state index is -4.60. The van der Waals surface area contributed by atoms with Crippen molar-refractivity contribution in [2.45, 2.75) is 12.4 Å². The van der Waals surface area contributed by atoms with Crippen molar-refractivity contribution in [2.75, 3.05) is 0 Å². The van der Waals surface area contributed by atoms with Gasteiger partial charge in [-0.25, -0.2) is 19.9 Å². The summed E-state index contributed by atoms with van der Waals surface area (Å²) in [6.07, 6.45) is -6.82. The molecule has 12 heteroatoms. The van der Waals surface area contributed by atoms with Crippen molar-refractivity contribution >= 4 is 22.7 Å². The molecule has 0 saturated carbocycles. The van der Waals surface area contributed by atoms with Gasteiger partial charge in [0.2, 0.25) is 0 Å². The molecule has 0 spiro atoms. The summed E-state index contributed by atoms with van der Waals surface area (Å²) in [5.41, 5.74) is -2.15. The van der Waals surface area contributed by atoms with E-state index in [1.165, 1.54) is 6.07 Å². The Labute approximate surface area is 137 Å². The first-order chi connectivity index (χ1) is 11.1. The molecule has 0 aliphatic carbocycles. The van der Waals surface area contributed by atoms with Gasteiger partial charge in [-0.3, -0.25) is 0 Å². The topological polar surface area (TPSA) is 51.6 Å². The van der Waals surface area contributed by atoms with E-state index in [2.05, 4.69) is 26.1 Å². The fourth-order valence-electron chi connectivity index (χ4n) is 1.56. The Balaban J connectivity index is 1.95. The van der Waals surface area contributed by atoms with Crippen LogP contribution in [0.1, 0.15) is 11.4 Å². The molecule has 0 saturated heterocycles. The summed E-state index contributed by atoms with van der Waals surface area (Å²) < 4.78 is 75.4. The van der Waals surface area contributed by atoms with Crippen LogP contribution in [0.5, 0.6) is 0 Å². The van der Waals surface area contributed by atoms with E-state index in [1.807, 2.05) is 0 Å². The van der Waals surface area contributed by atoms with Gasteiger partial charge in [-0.2, -0.15) is 26.3 Å². The predicted octanol–water partition coefficient (Wildman–Crippen LogP) is 4.56. The third kappa shape index (κ3) is 3.38. The molecular formula is C12H3F6N4S2. The molecule has 3 aromatic heterocycles. The third-order valence-corrected chi connectivity index (χ3v) is 4.30. The number of aromatic nitrogens is 4. The molecular weight excluding hydrogens is 378 g/mol. The molecule has 0 unspecified atom stereocenters. The van der Waals surface area contributed by atoms with Crippen LogP contribution in [-0.2, 0) is 12.4 Å². The monoisotopic (exact) mass is 381 g/mol. The zero-order chi connectivity index (χ0) is 17.5. The summed E-state index contributed by atoms with van der Waals surface area (Å²) in [6.45, 7) is 0. The zero-order valence-corrected chi connectivity index (χ0v) is 12.7. The smallest absolute Gasteiger partial charge is 0.230 e. The van der Waals surface area contributed by atoms with Crippen LogP contribution >= 0.6 is 22.7 Å². The Morgan fingerprint density at radius 1 is 0.792 bits per heavy atom. The maximum atomic E-state index is 12.6. The molecule has 0 aliphatic heterocycles. The van der Waals surface area contributed by atoms with E-state index in [-0.39, 0.29) is 21.5 Å². The number of hydrogen-bond donors (Lipinski definition) is 0. The lowest BCUT2D eigenvalue weighted by molar-refractivity contribution is -0.141. The highest BCUT2D eigenvalue weighted by atomic mass is 32.1. The second kappa shape index (κ2) is 5.77. The Hall–Kier alpha value is -2.08. The highest BCUT2D eigenvalue weighted by Crippen LogP contribution is 2.35. The van der Waals surface area contributed by atoms with E-state index in [0.717, 1.165) is 10.8 Å². The van der Waals surface area contributed by atoms with Gasteiger partial charge in [0.05, 0.1) is 6.20 Å². The van der Waals surface area contributed by atoms with Crippen molar-refractivity contribution in [3.63, 3.8) is 0 Å². The maximum Gasteiger partial charge on any atom is 0.434 e. The first-order valence-electron chi connectivity index (χ1n) is 5.96. The van der Waals surface area contributed by atoms with Crippen LogP contribution in [0, 0.1) is 6.20 Å². The van der Waals surface area contributed by atoms with Crippen LogP contribution in [0.2, 0.25) is 0 Å². The largest absolute Gasteiger partial charge is 0.434 e. The number of alkyl halides is 6. The average Bonchev–Trinajstić information content (AvgIpc) is 3.16. The van der Waals surface area contributed by atoms with Crippen molar-refractivity contribution in [3.05, 3.63) is 34.4 Å². The van der Waals surface area contributed by atoms with E-state index >= 15 is 0 Å². The molecule has 4 nitrogen and oxygen atoms in total. The van der Waals surface area contributed by atoms with Crippen LogP contribution in [0.15, 0.2) is 16.8 Å². The predicted molar refractivity (Wildman–Crippen MR) is 73.1 cm³/mol. The number of thiazole rings is 2. The van der Waals surface area contributed by atoms with Crippen molar-refractivity contribution in [1.82, 2.24) is 19.9 Å². The number of halogens is 6. The fourth-order valence-corrected chi connectivity index (χ4v) is 3.10. The third-order valence-electron chi connectivity index (χ3n) is 2.60. The van der Waals surface area contributed by atoms with Gasteiger partial charge < -0.3 is 0 Å². The van der Waals surface area contributed by atoms with Crippen molar-refractivity contribution in [3.8, 4) is 21.5 Å². The molecule has 3 aromatic rings. The van der Waals surface area contributed by atoms with Gasteiger partial charge in [0.15, 0.2) is 22.2 Å². The molecule has 0 aliphatic rings. The number of rotatable bonds is 2. The van der Waals surface area contributed by atoms with E-state index in [1.54, 1.807) is 0 Å². The highest BCUT2D eigenvalue weighted by molar-refractivity contribution is 7.13. The van der Waals surface area contributed by atoms with E-state index in [4.69, 9.17) is 0 Å². The van der Waals surface area contributed by atoms with Crippen LogP contribution in [0.3, 0.4) is 0 Å². The first kappa shape index (κ1) is 16.8. The van der Waals surface area contributed by atoms with Crippen molar-refractivity contribution in [2.24, 2.45) is 0 Å². The standard InChI is InChI=1S/C12H3F6N4S2/c13-11(14,15)6-3-23-9(21-6)5-1-2-19-8(20-5)10-22-7(4-24-10)12(16,17)18/h1,3-4H. The van der Waals surface area contributed by atoms with Gasteiger partial charge >= 0.3 is 12.4 Å². The van der Waals surface area contributed by atoms with Gasteiger partial charge in [0.25, 0.3) is 0 Å². The summed E-state index contributed by atoms with van der Waals surface area (Å²) >= 11 is 1.37. The number of nitrogens with zero attached hydrogens (tertiary/aromatic N) is 4. The lowest BCUT2D eigenvalue weighted by Crippen LogP contribution is -2.05. The Morgan fingerprint density at radius 3 is 1.88 bits per heavy atom. The van der Waals surface area contributed by atoms with Crippen LogP contribution in [-0.4, -0.2) is 19.9 Å². The molecule has 0 amide bonds. The average molecular weight is 381 g/mol. The van der Waals surface area contributed by atoms with Gasteiger partial charge in [-0.05, 0) is 6.07 Å². The minimum absolute atomic E-state index is 0.0178. The lowest BCUT2D eigenvalue weighted by atomic mass is 10.4. The summed E-state index contributed by atoms with van der Waals surface area (Å²) in [4.78, 5) is 14.4. The zero-order valence-electron chi connectivity index (χ0n) is 11.1. The van der Waals surface area contributed by atoms with Crippen molar-refractivity contribution in [1.29, 1.82) is 0 Å². The first-order valence-corrected chi connectivity index (χ1v) is 7.72. The van der Waals surface area contributed by atoms with Gasteiger partial charge in [0.1, 0.15) is 10.7 Å². The number of hydrogen-bond acceptors (Lipinski definition) is 6. The highest BCUT2D eigenvalue weighted by Gasteiger charge is 2.35. The molecule has 0 N–H and O–H groups in total. The fraction of sp³-hybridized carbons (Fsp3) is 0.167. The van der Waals surface area contributed by atoms with Crippen molar-refractivity contribution < 1.29 is 26.3 Å². The Bertz CT molecular complexity index is 799. The molecule has 3 heterocycles. The van der Waals surface area contributed by atoms with Crippen LogP contribution < -0.4 is 0 Å². The molecule has 125 valence electrons. The molecule has 0 atom stereocenters. The second-order valence-corrected chi connectivity index (χ2v) is 5.99. The van der Waals surface area contributed by atoms with E-state index < -0.39 is 23.7 Å². The SMILES string of the molecule is FC(F)(F)c1csc(-c2c[c]nc(-c3nc(C(F)(F)F)cs3)n2)n1. The van der Waals surface area contributed by atoms with Gasteiger partial charge in [0, 0.05) is 10.8 Å². The van der Waals surface area contributed by atoms with Crippen LogP contribution in [0.4, 0.5) is 26.3 Å². The minimum Gasteiger partial charge on any atom is -0.230 e. The molecule has 24 heavy (non-hydrogen) atoms. The normalized spacial score (nSPS) is 12.6. The quantitative estimate of drug-likeness (QED) is 0.611. The summed E-state index contributed by atoms with van der Waals surface area (Å²) in [5.74, 6) is -0.170. The Morgan fingerprint density at radius 2 is 1.33 bits per heavy atom. The summed E-state index contributed by atoms with van der Waals surface area (Å²) in [6, 6.07) is 1.20. The molecule has 3 rings (SSSR count). The van der Waals surface area contributed by atoms with E-state index in [0.29, 0.717) is 22.7 Å². The lowest BCUT2D eigenvalue weighted by Gasteiger charge is -2.01. The van der Waals surface area contributed by atoms with Crippen LogP contribution in [0.25, 0.3) is 21.5 Å². The molecule has 0 bridgehead atoms. The second-order valence-electron chi connectivity index (χ2n) is 4.28. The maximum absolute atomic E-state index is 12.6.